The molecule has 6 rings (SSSR count). The Morgan fingerprint density at radius 2 is 1.19 bits per heavy atom. The first-order chi connectivity index (χ1) is 12.8. The molecule has 0 amide bonds. The molecule has 26 heavy (non-hydrogen) atoms. The van der Waals surface area contributed by atoms with Gasteiger partial charge in [0.25, 0.3) is 0 Å². The largest absolute Gasteiger partial charge is 0.134 e. The van der Waals surface area contributed by atoms with E-state index in [4.69, 9.17) is 11.6 Å². The monoisotopic (exact) mass is 368 g/mol. The van der Waals surface area contributed by atoms with Gasteiger partial charge in [-0.1, -0.05) is 84.4 Å². The average molecular weight is 369 g/mol. The molecule has 0 saturated carbocycles. The van der Waals surface area contributed by atoms with Crippen LogP contribution in [0.4, 0.5) is 0 Å². The molecular formula is C24H13ClS. The zero-order valence-electron chi connectivity index (χ0n) is 13.8. The van der Waals surface area contributed by atoms with E-state index in [9.17, 15) is 0 Å². The molecule has 0 nitrogen and oxygen atoms in total. The predicted octanol–water partition coefficient (Wildman–Crippen LogP) is 8.17. The van der Waals surface area contributed by atoms with Crippen LogP contribution < -0.4 is 0 Å². The van der Waals surface area contributed by atoms with Crippen molar-refractivity contribution in [1.82, 2.24) is 0 Å². The highest BCUT2D eigenvalue weighted by molar-refractivity contribution is 7.27. The van der Waals surface area contributed by atoms with E-state index in [1.807, 2.05) is 11.3 Å². The van der Waals surface area contributed by atoms with Gasteiger partial charge in [-0.3, -0.25) is 0 Å². The first kappa shape index (κ1) is 14.5. The molecular weight excluding hydrogens is 356 g/mol. The minimum atomic E-state index is 0.837. The first-order valence-electron chi connectivity index (χ1n) is 8.65. The Labute approximate surface area is 159 Å². The van der Waals surface area contributed by atoms with E-state index in [-0.39, 0.29) is 0 Å². The molecule has 0 radical (unpaired) electrons. The van der Waals surface area contributed by atoms with Crippen LogP contribution in [0.1, 0.15) is 0 Å². The molecule has 0 aliphatic heterocycles. The Balaban J connectivity index is 1.96. The van der Waals surface area contributed by atoms with Crippen molar-refractivity contribution < 1.29 is 0 Å². The van der Waals surface area contributed by atoms with Crippen molar-refractivity contribution in [2.45, 2.75) is 0 Å². The van der Waals surface area contributed by atoms with E-state index in [2.05, 4.69) is 78.9 Å². The highest BCUT2D eigenvalue weighted by atomic mass is 35.5. The van der Waals surface area contributed by atoms with Crippen LogP contribution in [0.15, 0.2) is 78.9 Å². The van der Waals surface area contributed by atoms with Crippen molar-refractivity contribution in [3.05, 3.63) is 83.9 Å². The maximum atomic E-state index is 6.77. The summed E-state index contributed by atoms with van der Waals surface area (Å²) >= 11 is 8.63. The first-order valence-corrected chi connectivity index (χ1v) is 9.85. The summed E-state index contributed by atoms with van der Waals surface area (Å²) in [6.45, 7) is 0. The molecule has 0 unspecified atom stereocenters. The summed E-state index contributed by atoms with van der Waals surface area (Å²) in [4.78, 5) is 0. The van der Waals surface area contributed by atoms with Crippen molar-refractivity contribution in [1.29, 1.82) is 0 Å². The fourth-order valence-corrected chi connectivity index (χ4v) is 5.91. The molecule has 0 spiro atoms. The van der Waals surface area contributed by atoms with Crippen molar-refractivity contribution >= 4 is 75.4 Å². The van der Waals surface area contributed by atoms with Crippen molar-refractivity contribution in [3.63, 3.8) is 0 Å². The molecule has 0 saturated heterocycles. The quantitative estimate of drug-likeness (QED) is 0.237. The molecule has 2 heteroatoms. The second-order valence-electron chi connectivity index (χ2n) is 6.71. The Kier molecular flexibility index (Phi) is 2.91. The van der Waals surface area contributed by atoms with E-state index < -0.39 is 0 Å². The molecule has 1 aromatic heterocycles. The highest BCUT2D eigenvalue weighted by Gasteiger charge is 2.15. The molecule has 6 aromatic rings. The summed E-state index contributed by atoms with van der Waals surface area (Å²) in [5.74, 6) is 0. The van der Waals surface area contributed by atoms with Gasteiger partial charge in [-0.05, 0) is 33.0 Å². The number of fused-ring (bicyclic) bond motifs is 9. The molecule has 0 aliphatic carbocycles. The lowest BCUT2D eigenvalue weighted by atomic mass is 9.99. The molecule has 5 aromatic carbocycles. The standard InChI is InChI=1S/C24H13ClS/c25-20-13-16-10-9-14-5-1-3-7-17(14)21(16)24-22(20)19-12-11-15-6-2-4-8-18(15)23(19)26-24/h1-13H. The van der Waals surface area contributed by atoms with Gasteiger partial charge in [0, 0.05) is 25.6 Å². The normalized spacial score (nSPS) is 12.0. The van der Waals surface area contributed by atoms with Crippen molar-refractivity contribution in [2.75, 3.05) is 0 Å². The summed E-state index contributed by atoms with van der Waals surface area (Å²) in [7, 11) is 0. The van der Waals surface area contributed by atoms with Crippen LogP contribution in [0.2, 0.25) is 5.02 Å². The summed E-state index contributed by atoms with van der Waals surface area (Å²) in [6, 6.07) is 28.1. The molecule has 0 bridgehead atoms. The van der Waals surface area contributed by atoms with Gasteiger partial charge in [-0.25, -0.2) is 0 Å². The van der Waals surface area contributed by atoms with Crippen molar-refractivity contribution in [2.24, 2.45) is 0 Å². The fraction of sp³-hybridized carbons (Fsp3) is 0. The summed E-state index contributed by atoms with van der Waals surface area (Å²) < 4.78 is 2.61. The van der Waals surface area contributed by atoms with E-state index in [1.165, 1.54) is 52.5 Å². The Hall–Kier alpha value is -2.61. The number of thiophene rings is 1. The number of hydrogen-bond donors (Lipinski definition) is 0. The topological polar surface area (TPSA) is 0 Å². The number of hydrogen-bond acceptors (Lipinski definition) is 1. The second kappa shape index (κ2) is 5.20. The van der Waals surface area contributed by atoms with Gasteiger partial charge < -0.3 is 0 Å². The van der Waals surface area contributed by atoms with Gasteiger partial charge in [-0.2, -0.15) is 0 Å². The van der Waals surface area contributed by atoms with E-state index in [0.717, 1.165) is 5.02 Å². The van der Waals surface area contributed by atoms with Gasteiger partial charge in [0.1, 0.15) is 0 Å². The maximum absolute atomic E-state index is 6.77. The number of rotatable bonds is 0. The molecule has 1 heterocycles. The summed E-state index contributed by atoms with van der Waals surface area (Å²) in [6.07, 6.45) is 0. The van der Waals surface area contributed by atoms with Crippen LogP contribution in [0.25, 0.3) is 52.5 Å². The lowest BCUT2D eigenvalue weighted by molar-refractivity contribution is 1.80. The molecule has 122 valence electrons. The SMILES string of the molecule is Clc1cc2ccc3ccccc3c2c2sc3c4ccccc4ccc3c12. The fourth-order valence-electron chi connectivity index (χ4n) is 4.11. The smallest absolute Gasteiger partial charge is 0.0505 e. The van der Waals surface area contributed by atoms with E-state index in [1.54, 1.807) is 0 Å². The number of benzene rings is 5. The van der Waals surface area contributed by atoms with Crippen LogP contribution >= 0.6 is 22.9 Å². The van der Waals surface area contributed by atoms with Gasteiger partial charge in [0.15, 0.2) is 0 Å². The minimum absolute atomic E-state index is 0.837. The van der Waals surface area contributed by atoms with E-state index >= 15 is 0 Å². The van der Waals surface area contributed by atoms with Gasteiger partial charge >= 0.3 is 0 Å². The molecule has 0 aliphatic rings. The zero-order valence-corrected chi connectivity index (χ0v) is 15.4. The van der Waals surface area contributed by atoms with Gasteiger partial charge in [0.05, 0.1) is 5.02 Å². The third kappa shape index (κ3) is 1.85. The van der Waals surface area contributed by atoms with Crippen LogP contribution in [-0.2, 0) is 0 Å². The summed E-state index contributed by atoms with van der Waals surface area (Å²) in [5.41, 5.74) is 0. The third-order valence-corrected chi connectivity index (χ3v) is 6.84. The highest BCUT2D eigenvalue weighted by Crippen LogP contribution is 2.46. The van der Waals surface area contributed by atoms with Crippen LogP contribution in [-0.4, -0.2) is 0 Å². The van der Waals surface area contributed by atoms with Gasteiger partial charge in [0.2, 0.25) is 0 Å². The molecule has 0 atom stereocenters. The molecule has 0 N–H and O–H groups in total. The van der Waals surface area contributed by atoms with E-state index in [0.29, 0.717) is 0 Å². The lowest BCUT2D eigenvalue weighted by Crippen LogP contribution is -1.79. The van der Waals surface area contributed by atoms with Gasteiger partial charge in [-0.15, -0.1) is 11.3 Å². The third-order valence-electron chi connectivity index (χ3n) is 5.29. The predicted molar refractivity (Wildman–Crippen MR) is 117 cm³/mol. The Bertz CT molecular complexity index is 1490. The zero-order chi connectivity index (χ0) is 17.3. The Morgan fingerprint density at radius 3 is 2.04 bits per heavy atom. The number of halogens is 1. The van der Waals surface area contributed by atoms with Crippen LogP contribution in [0.3, 0.4) is 0 Å². The minimum Gasteiger partial charge on any atom is -0.134 e. The average Bonchev–Trinajstić information content (AvgIpc) is 3.08. The van der Waals surface area contributed by atoms with Crippen LogP contribution in [0.5, 0.6) is 0 Å². The Morgan fingerprint density at radius 1 is 0.538 bits per heavy atom. The molecule has 0 fully saturated rings. The maximum Gasteiger partial charge on any atom is 0.0505 e. The lowest BCUT2D eigenvalue weighted by Gasteiger charge is -2.07. The van der Waals surface area contributed by atoms with Crippen molar-refractivity contribution in [3.8, 4) is 0 Å². The second-order valence-corrected chi connectivity index (χ2v) is 8.14. The van der Waals surface area contributed by atoms with Crippen LogP contribution in [0, 0.1) is 0 Å². The summed E-state index contributed by atoms with van der Waals surface area (Å²) in [5, 5.41) is 10.9.